The lowest BCUT2D eigenvalue weighted by Crippen LogP contribution is -2.30. The molecule has 0 bridgehead atoms. The zero-order chi connectivity index (χ0) is 12.3. The van der Waals surface area contributed by atoms with E-state index in [1.165, 1.54) is 30.4 Å². The highest BCUT2D eigenvalue weighted by atomic mass is 15.2. The summed E-state index contributed by atoms with van der Waals surface area (Å²) in [5.41, 5.74) is 8.53. The largest absolute Gasteiger partial charge is 0.357 e. The van der Waals surface area contributed by atoms with Crippen molar-refractivity contribution in [3.8, 4) is 0 Å². The lowest BCUT2D eigenvalue weighted by Gasteiger charge is -2.28. The fraction of sp³-hybridized carbons (Fsp3) is 0.643. The van der Waals surface area contributed by atoms with E-state index in [-0.39, 0.29) is 6.04 Å². The minimum absolute atomic E-state index is 0.123. The van der Waals surface area contributed by atoms with Crippen LogP contribution in [0.3, 0.4) is 0 Å². The second-order valence-corrected chi connectivity index (χ2v) is 4.96. The molecular weight excluding hydrogens is 210 g/mol. The summed E-state index contributed by atoms with van der Waals surface area (Å²) in [6, 6.07) is 2.31. The number of aromatic nitrogens is 1. The molecule has 94 valence electrons. The summed E-state index contributed by atoms with van der Waals surface area (Å²) in [5.74, 6) is 1.12. The van der Waals surface area contributed by atoms with Crippen molar-refractivity contribution in [3.63, 3.8) is 0 Å². The molecule has 17 heavy (non-hydrogen) atoms. The Morgan fingerprint density at radius 2 is 2.06 bits per heavy atom. The molecule has 0 saturated carbocycles. The van der Waals surface area contributed by atoms with Crippen molar-refractivity contribution < 1.29 is 0 Å². The van der Waals surface area contributed by atoms with E-state index < -0.39 is 0 Å². The average molecular weight is 233 g/mol. The molecule has 2 N–H and O–H groups in total. The summed E-state index contributed by atoms with van der Waals surface area (Å²) in [5, 5.41) is 0. The molecule has 1 aromatic rings. The van der Waals surface area contributed by atoms with E-state index in [1.54, 1.807) is 0 Å². The standard InChI is InChI=1S/C14H23N3/c1-3-13(15)12-10-16-14(9-11(12)2)17-7-5-4-6-8-17/h9-10,13H,3-8,15H2,1-2H3/t13-/m0/s1. The topological polar surface area (TPSA) is 42.1 Å². The van der Waals surface area contributed by atoms with Crippen LogP contribution in [-0.2, 0) is 0 Å². The van der Waals surface area contributed by atoms with Gasteiger partial charge in [-0.1, -0.05) is 6.92 Å². The Bertz CT molecular complexity index is 370. The molecule has 1 aliphatic rings. The van der Waals surface area contributed by atoms with Gasteiger partial charge in [-0.25, -0.2) is 4.98 Å². The number of anilines is 1. The molecule has 1 aliphatic heterocycles. The van der Waals surface area contributed by atoms with Gasteiger partial charge in [0.05, 0.1) is 0 Å². The molecule has 0 amide bonds. The van der Waals surface area contributed by atoms with Crippen LogP contribution in [0, 0.1) is 6.92 Å². The van der Waals surface area contributed by atoms with Crippen molar-refractivity contribution in [2.24, 2.45) is 5.73 Å². The van der Waals surface area contributed by atoms with Gasteiger partial charge in [0, 0.05) is 25.3 Å². The molecule has 1 atom stereocenters. The van der Waals surface area contributed by atoms with Gasteiger partial charge in [0.2, 0.25) is 0 Å². The minimum atomic E-state index is 0.123. The van der Waals surface area contributed by atoms with E-state index >= 15 is 0 Å². The van der Waals surface area contributed by atoms with E-state index in [2.05, 4.69) is 29.8 Å². The monoisotopic (exact) mass is 233 g/mol. The number of aryl methyl sites for hydroxylation is 1. The first-order valence-electron chi connectivity index (χ1n) is 6.69. The van der Waals surface area contributed by atoms with E-state index in [9.17, 15) is 0 Å². The predicted octanol–water partition coefficient (Wildman–Crippen LogP) is 2.79. The molecule has 3 heteroatoms. The summed E-state index contributed by atoms with van der Waals surface area (Å²) >= 11 is 0. The molecule has 1 aromatic heterocycles. The number of hydrogen-bond donors (Lipinski definition) is 1. The Balaban J connectivity index is 2.17. The van der Waals surface area contributed by atoms with Crippen LogP contribution in [-0.4, -0.2) is 18.1 Å². The highest BCUT2D eigenvalue weighted by molar-refractivity contribution is 5.44. The minimum Gasteiger partial charge on any atom is -0.357 e. The normalized spacial score (nSPS) is 18.2. The van der Waals surface area contributed by atoms with Gasteiger partial charge in [-0.2, -0.15) is 0 Å². The highest BCUT2D eigenvalue weighted by Gasteiger charge is 2.14. The summed E-state index contributed by atoms with van der Waals surface area (Å²) in [4.78, 5) is 6.96. The van der Waals surface area contributed by atoms with Gasteiger partial charge in [-0.15, -0.1) is 0 Å². The molecule has 3 nitrogen and oxygen atoms in total. The maximum absolute atomic E-state index is 6.07. The van der Waals surface area contributed by atoms with Gasteiger partial charge in [-0.3, -0.25) is 0 Å². The molecule has 0 aromatic carbocycles. The Morgan fingerprint density at radius 1 is 1.35 bits per heavy atom. The molecule has 1 fully saturated rings. The zero-order valence-corrected chi connectivity index (χ0v) is 10.9. The lowest BCUT2D eigenvalue weighted by molar-refractivity contribution is 0.572. The summed E-state index contributed by atoms with van der Waals surface area (Å²) in [7, 11) is 0. The van der Waals surface area contributed by atoms with Crippen molar-refractivity contribution in [3.05, 3.63) is 23.4 Å². The van der Waals surface area contributed by atoms with E-state index in [0.29, 0.717) is 0 Å². The number of nitrogens with two attached hydrogens (primary N) is 1. The van der Waals surface area contributed by atoms with Crippen LogP contribution in [0.2, 0.25) is 0 Å². The van der Waals surface area contributed by atoms with Crippen molar-refractivity contribution in [1.29, 1.82) is 0 Å². The third kappa shape index (κ3) is 2.78. The van der Waals surface area contributed by atoms with Gasteiger partial charge < -0.3 is 10.6 Å². The first-order valence-corrected chi connectivity index (χ1v) is 6.69. The van der Waals surface area contributed by atoms with E-state index in [4.69, 9.17) is 5.73 Å². The van der Waals surface area contributed by atoms with Gasteiger partial charge in [0.1, 0.15) is 5.82 Å². The van der Waals surface area contributed by atoms with Crippen LogP contribution in [0.1, 0.15) is 49.8 Å². The Hall–Kier alpha value is -1.09. The average Bonchev–Trinajstić information content (AvgIpc) is 2.39. The van der Waals surface area contributed by atoms with Crippen molar-refractivity contribution in [2.75, 3.05) is 18.0 Å². The molecule has 0 radical (unpaired) electrons. The molecular formula is C14H23N3. The van der Waals surface area contributed by atoms with Crippen molar-refractivity contribution in [1.82, 2.24) is 4.98 Å². The van der Waals surface area contributed by atoms with Crippen LogP contribution >= 0.6 is 0 Å². The number of rotatable bonds is 3. The third-order valence-electron chi connectivity index (χ3n) is 3.66. The van der Waals surface area contributed by atoms with Gasteiger partial charge in [-0.05, 0) is 49.8 Å². The Labute approximate surface area is 104 Å². The summed E-state index contributed by atoms with van der Waals surface area (Å²) in [6.45, 7) is 6.54. The SMILES string of the molecule is CC[C@H](N)c1cnc(N2CCCCC2)cc1C. The number of nitrogens with zero attached hydrogens (tertiary/aromatic N) is 2. The Morgan fingerprint density at radius 3 is 2.65 bits per heavy atom. The van der Waals surface area contributed by atoms with E-state index in [0.717, 1.165) is 25.3 Å². The number of hydrogen-bond acceptors (Lipinski definition) is 3. The second kappa shape index (κ2) is 5.50. The highest BCUT2D eigenvalue weighted by Crippen LogP contribution is 2.23. The zero-order valence-electron chi connectivity index (χ0n) is 10.9. The molecule has 2 heterocycles. The van der Waals surface area contributed by atoms with Crippen molar-refractivity contribution in [2.45, 2.75) is 45.6 Å². The van der Waals surface area contributed by atoms with Crippen molar-refractivity contribution >= 4 is 5.82 Å². The van der Waals surface area contributed by atoms with Gasteiger partial charge in [0.25, 0.3) is 0 Å². The van der Waals surface area contributed by atoms with Crippen LogP contribution in [0.5, 0.6) is 0 Å². The van der Waals surface area contributed by atoms with Crippen LogP contribution < -0.4 is 10.6 Å². The first-order chi connectivity index (χ1) is 8.22. The van der Waals surface area contributed by atoms with E-state index in [1.807, 2.05) is 6.20 Å². The molecule has 0 aliphatic carbocycles. The predicted molar refractivity (Wildman–Crippen MR) is 72.3 cm³/mol. The smallest absolute Gasteiger partial charge is 0.128 e. The second-order valence-electron chi connectivity index (χ2n) is 4.96. The fourth-order valence-corrected chi connectivity index (χ4v) is 2.46. The molecule has 0 spiro atoms. The van der Waals surface area contributed by atoms with Gasteiger partial charge in [0.15, 0.2) is 0 Å². The van der Waals surface area contributed by atoms with Crippen LogP contribution in [0.25, 0.3) is 0 Å². The Kier molecular flexibility index (Phi) is 4.00. The summed E-state index contributed by atoms with van der Waals surface area (Å²) in [6.07, 6.45) is 6.86. The maximum Gasteiger partial charge on any atom is 0.128 e. The molecule has 1 saturated heterocycles. The third-order valence-corrected chi connectivity index (χ3v) is 3.66. The number of pyridine rings is 1. The van der Waals surface area contributed by atoms with Crippen LogP contribution in [0.4, 0.5) is 5.82 Å². The molecule has 2 rings (SSSR count). The van der Waals surface area contributed by atoms with Gasteiger partial charge >= 0.3 is 0 Å². The number of piperidine rings is 1. The maximum atomic E-state index is 6.07. The first kappa shape index (κ1) is 12.4. The molecule has 0 unspecified atom stereocenters. The lowest BCUT2D eigenvalue weighted by atomic mass is 10.0. The summed E-state index contributed by atoms with van der Waals surface area (Å²) < 4.78 is 0. The van der Waals surface area contributed by atoms with Crippen LogP contribution in [0.15, 0.2) is 12.3 Å². The fourth-order valence-electron chi connectivity index (χ4n) is 2.46. The quantitative estimate of drug-likeness (QED) is 0.873.